The van der Waals surface area contributed by atoms with Gasteiger partial charge in [-0.1, -0.05) is 24.3 Å². The molecule has 3 aliphatic heterocycles. The fraction of sp³-hybridized carbons (Fsp3) is 0.421. The summed E-state index contributed by atoms with van der Waals surface area (Å²) in [4.78, 5) is 15.5. The number of quaternary nitrogens is 1. The van der Waals surface area contributed by atoms with Gasteiger partial charge in [0.05, 0.1) is 18.2 Å². The van der Waals surface area contributed by atoms with E-state index in [4.69, 9.17) is 0 Å². The van der Waals surface area contributed by atoms with Crippen molar-refractivity contribution in [3.63, 3.8) is 0 Å². The summed E-state index contributed by atoms with van der Waals surface area (Å²) in [5.41, 5.74) is 5.18. The molecule has 0 radical (unpaired) electrons. The van der Waals surface area contributed by atoms with E-state index in [1.165, 1.54) is 27.7 Å². The molecular weight excluding hydrogens is 288 g/mol. The molecule has 1 N–H and O–H groups in total. The molecule has 118 valence electrons. The number of aliphatic carboxylic acids is 1. The average Bonchev–Trinajstić information content (AvgIpc) is 3.18. The summed E-state index contributed by atoms with van der Waals surface area (Å²) in [5.74, 6) is -0.721. The Hall–Kier alpha value is -2.07. The fourth-order valence-corrected chi connectivity index (χ4v) is 5.67. The molecule has 4 atom stereocenters. The number of nitrogens with zero attached hydrogens (tertiary/aromatic N) is 1. The number of hydrogen-bond acceptors (Lipinski definition) is 2. The molecule has 5 rings (SSSR count). The average molecular weight is 308 g/mol. The summed E-state index contributed by atoms with van der Waals surface area (Å²) in [6.07, 6.45) is 4.01. The zero-order valence-corrected chi connectivity index (χ0v) is 13.2. The topological polar surface area (TPSA) is 55.9 Å². The molecule has 0 amide bonds. The standard InChI is InChI=1S/C19H20N2O2/c1-2-11-10-21-8-7-13-12-5-3-4-6-15(12)20-17(13)16(21)9-14(11)18(21)19(22)23/h2-6,14,16,18,20H,7-10H2,1H3/b11-2-/t14-,16+,18?,21?/m1/s1. The lowest BCUT2D eigenvalue weighted by Gasteiger charge is -2.45. The molecule has 1 aromatic heterocycles. The normalized spacial score (nSPS) is 36.4. The maximum absolute atomic E-state index is 11.9. The Balaban J connectivity index is 1.70. The molecule has 2 fully saturated rings. The number of carbonyl (C=O) groups excluding carboxylic acids is 1. The predicted octanol–water partition coefficient (Wildman–Crippen LogP) is 1.68. The maximum atomic E-state index is 11.9. The Bertz CT molecular complexity index is 865. The summed E-state index contributed by atoms with van der Waals surface area (Å²) in [6, 6.07) is 8.34. The molecule has 4 heterocycles. The highest BCUT2D eigenvalue weighted by Crippen LogP contribution is 2.58. The van der Waals surface area contributed by atoms with Crippen LogP contribution in [0.5, 0.6) is 0 Å². The van der Waals surface area contributed by atoms with E-state index in [0.717, 1.165) is 25.9 Å². The molecule has 2 saturated heterocycles. The van der Waals surface area contributed by atoms with Gasteiger partial charge in [-0.15, -0.1) is 0 Å². The van der Waals surface area contributed by atoms with E-state index < -0.39 is 5.97 Å². The monoisotopic (exact) mass is 308 g/mol. The Labute approximate surface area is 135 Å². The van der Waals surface area contributed by atoms with Crippen LogP contribution in [0.1, 0.15) is 30.6 Å². The van der Waals surface area contributed by atoms with E-state index in [1.807, 2.05) is 6.92 Å². The van der Waals surface area contributed by atoms with Crippen LogP contribution in [-0.2, 0) is 11.2 Å². The molecule has 23 heavy (non-hydrogen) atoms. The van der Waals surface area contributed by atoms with Crippen LogP contribution in [0.3, 0.4) is 0 Å². The van der Waals surface area contributed by atoms with E-state index in [1.54, 1.807) is 0 Å². The van der Waals surface area contributed by atoms with Gasteiger partial charge in [0.15, 0.2) is 0 Å². The third-order valence-electron chi connectivity index (χ3n) is 6.56. The number of benzene rings is 1. The Morgan fingerprint density at radius 3 is 3.00 bits per heavy atom. The number of rotatable bonds is 1. The molecule has 2 bridgehead atoms. The van der Waals surface area contributed by atoms with Gasteiger partial charge >= 0.3 is 0 Å². The highest BCUT2D eigenvalue weighted by Gasteiger charge is 2.64. The Morgan fingerprint density at radius 1 is 1.39 bits per heavy atom. The zero-order chi connectivity index (χ0) is 15.8. The van der Waals surface area contributed by atoms with Crippen molar-refractivity contribution in [1.82, 2.24) is 4.98 Å². The number of hydrogen-bond donors (Lipinski definition) is 1. The van der Waals surface area contributed by atoms with Crippen molar-refractivity contribution >= 4 is 16.9 Å². The maximum Gasteiger partial charge on any atom is 0.137 e. The van der Waals surface area contributed by atoms with E-state index in [-0.39, 0.29) is 18.0 Å². The van der Waals surface area contributed by atoms with Crippen LogP contribution in [0.4, 0.5) is 0 Å². The number of allylic oxidation sites excluding steroid dienone is 1. The smallest absolute Gasteiger partial charge is 0.137 e. The Morgan fingerprint density at radius 2 is 2.22 bits per heavy atom. The van der Waals surface area contributed by atoms with E-state index in [2.05, 4.69) is 35.3 Å². The van der Waals surface area contributed by atoms with Gasteiger partial charge in [-0.25, -0.2) is 0 Å². The lowest BCUT2D eigenvalue weighted by Crippen LogP contribution is -2.59. The number of carbonyl (C=O) groups is 1. The summed E-state index contributed by atoms with van der Waals surface area (Å²) >= 11 is 0. The summed E-state index contributed by atoms with van der Waals surface area (Å²) in [7, 11) is 0. The second-order valence-corrected chi connectivity index (χ2v) is 7.28. The molecule has 4 nitrogen and oxygen atoms in total. The lowest BCUT2D eigenvalue weighted by molar-refractivity contribution is -0.953. The van der Waals surface area contributed by atoms with Gasteiger partial charge in [-0.2, -0.15) is 0 Å². The van der Waals surface area contributed by atoms with Gasteiger partial charge in [-0.05, 0) is 24.1 Å². The first kappa shape index (κ1) is 13.4. The third kappa shape index (κ3) is 1.47. The first-order valence-corrected chi connectivity index (χ1v) is 8.47. The van der Waals surface area contributed by atoms with E-state index >= 15 is 0 Å². The number of para-hydroxylation sites is 1. The zero-order valence-electron chi connectivity index (χ0n) is 13.2. The van der Waals surface area contributed by atoms with Crippen LogP contribution >= 0.6 is 0 Å². The summed E-state index contributed by atoms with van der Waals surface area (Å²) in [5, 5.41) is 13.2. The van der Waals surface area contributed by atoms with E-state index in [9.17, 15) is 9.90 Å². The first-order chi connectivity index (χ1) is 11.2. The first-order valence-electron chi connectivity index (χ1n) is 8.47. The van der Waals surface area contributed by atoms with Crippen LogP contribution in [0.15, 0.2) is 35.9 Å². The number of fused-ring (bicyclic) bond motifs is 5. The summed E-state index contributed by atoms with van der Waals surface area (Å²) in [6.45, 7) is 3.82. The number of carboxylic acids is 1. The van der Waals surface area contributed by atoms with Crippen LogP contribution in [0, 0.1) is 5.92 Å². The van der Waals surface area contributed by atoms with Gasteiger partial charge in [0.25, 0.3) is 0 Å². The van der Waals surface area contributed by atoms with Crippen molar-refractivity contribution in [1.29, 1.82) is 0 Å². The van der Waals surface area contributed by atoms with Crippen molar-refractivity contribution in [3.8, 4) is 0 Å². The van der Waals surface area contributed by atoms with E-state index in [0.29, 0.717) is 4.48 Å². The predicted molar refractivity (Wildman–Crippen MR) is 85.4 cm³/mol. The minimum atomic E-state index is -0.867. The SMILES string of the molecule is C/C=C1/C[N+]23CCc4c([nH]c5ccccc45)[C@@H]2C[C@H]1C3C(=O)[O-]. The molecule has 2 unspecified atom stereocenters. The van der Waals surface area contributed by atoms with Gasteiger partial charge in [0.2, 0.25) is 0 Å². The van der Waals surface area contributed by atoms with Crippen molar-refractivity contribution in [3.05, 3.63) is 47.2 Å². The molecule has 4 heteroatoms. The number of H-pyrrole nitrogens is 1. The molecule has 0 saturated carbocycles. The third-order valence-corrected chi connectivity index (χ3v) is 6.56. The van der Waals surface area contributed by atoms with Gasteiger partial charge in [0.1, 0.15) is 18.6 Å². The van der Waals surface area contributed by atoms with Crippen LogP contribution in [0.2, 0.25) is 0 Å². The van der Waals surface area contributed by atoms with Gasteiger partial charge < -0.3 is 19.4 Å². The molecule has 2 aromatic rings. The number of aromatic nitrogens is 1. The van der Waals surface area contributed by atoms with Crippen molar-refractivity contribution in [2.24, 2.45) is 5.92 Å². The number of aromatic amines is 1. The molecular formula is C19H20N2O2. The molecule has 0 aliphatic carbocycles. The molecule has 3 aliphatic rings. The second-order valence-electron chi connectivity index (χ2n) is 7.28. The highest BCUT2D eigenvalue weighted by molar-refractivity contribution is 5.85. The minimum absolute atomic E-state index is 0.146. The molecule has 1 spiro atoms. The van der Waals surface area contributed by atoms with Gasteiger partial charge in [-0.3, -0.25) is 0 Å². The van der Waals surface area contributed by atoms with Crippen LogP contribution < -0.4 is 5.11 Å². The van der Waals surface area contributed by atoms with Crippen LogP contribution in [0.25, 0.3) is 10.9 Å². The largest absolute Gasteiger partial charge is 0.544 e. The number of nitrogens with one attached hydrogen (secondary N) is 1. The van der Waals surface area contributed by atoms with Crippen molar-refractivity contribution in [2.75, 3.05) is 13.1 Å². The molecule has 1 aromatic carbocycles. The van der Waals surface area contributed by atoms with Crippen LogP contribution in [-0.4, -0.2) is 34.6 Å². The highest BCUT2D eigenvalue weighted by atomic mass is 16.4. The van der Waals surface area contributed by atoms with Gasteiger partial charge in [0, 0.05) is 29.7 Å². The quantitative estimate of drug-likeness (QED) is 0.644. The van der Waals surface area contributed by atoms with Crippen molar-refractivity contribution < 1.29 is 14.4 Å². The van der Waals surface area contributed by atoms with Crippen molar-refractivity contribution in [2.45, 2.75) is 31.8 Å². The minimum Gasteiger partial charge on any atom is -0.544 e. The summed E-state index contributed by atoms with van der Waals surface area (Å²) < 4.78 is 0.673. The second kappa shape index (κ2) is 4.26. The lowest BCUT2D eigenvalue weighted by atomic mass is 9.87. The number of piperidine rings is 1. The Kier molecular flexibility index (Phi) is 2.48. The fourth-order valence-electron chi connectivity index (χ4n) is 5.67. The number of carboxylic acid groups (broad SMARTS) is 1.